The maximum absolute atomic E-state index is 11.6. The van der Waals surface area contributed by atoms with Crippen molar-refractivity contribution in [1.82, 2.24) is 15.5 Å². The summed E-state index contributed by atoms with van der Waals surface area (Å²) < 4.78 is 5.84. The SMILES string of the molecule is CCNC(=NCCCOc1ccccc1C)N1CCC(CC(=O)NC)CC1. The summed E-state index contributed by atoms with van der Waals surface area (Å²) in [6, 6.07) is 8.08. The fraction of sp³-hybridized carbons (Fsp3) is 0.619. The molecule has 27 heavy (non-hydrogen) atoms. The van der Waals surface area contributed by atoms with Crippen molar-refractivity contribution in [3.63, 3.8) is 0 Å². The Hall–Kier alpha value is -2.24. The van der Waals surface area contributed by atoms with Crippen LogP contribution in [0.25, 0.3) is 0 Å². The molecule has 2 rings (SSSR count). The molecule has 1 aromatic rings. The van der Waals surface area contributed by atoms with Crippen LogP contribution in [0.2, 0.25) is 0 Å². The molecule has 0 saturated carbocycles. The first-order valence-electron chi connectivity index (χ1n) is 10.1. The van der Waals surface area contributed by atoms with Crippen molar-refractivity contribution in [3.05, 3.63) is 29.8 Å². The summed E-state index contributed by atoms with van der Waals surface area (Å²) in [6.45, 7) is 8.32. The first kappa shape index (κ1) is 21.1. The number of rotatable bonds is 8. The van der Waals surface area contributed by atoms with E-state index in [0.717, 1.165) is 62.7 Å². The molecule has 1 aromatic carbocycles. The van der Waals surface area contributed by atoms with E-state index in [2.05, 4.69) is 35.4 Å². The number of nitrogens with one attached hydrogen (secondary N) is 2. The molecule has 150 valence electrons. The van der Waals surface area contributed by atoms with E-state index < -0.39 is 0 Å². The van der Waals surface area contributed by atoms with E-state index in [1.165, 1.54) is 0 Å². The first-order chi connectivity index (χ1) is 13.1. The zero-order chi connectivity index (χ0) is 19.5. The van der Waals surface area contributed by atoms with E-state index >= 15 is 0 Å². The molecular weight excluding hydrogens is 340 g/mol. The number of piperidine rings is 1. The number of nitrogens with zero attached hydrogens (tertiary/aromatic N) is 2. The molecule has 6 heteroatoms. The van der Waals surface area contributed by atoms with Gasteiger partial charge in [0.25, 0.3) is 0 Å². The second kappa shape index (κ2) is 11.5. The number of aliphatic imine (C=N–C) groups is 1. The number of hydrogen-bond donors (Lipinski definition) is 2. The van der Waals surface area contributed by atoms with Crippen molar-refractivity contribution >= 4 is 11.9 Å². The zero-order valence-corrected chi connectivity index (χ0v) is 17.0. The third kappa shape index (κ3) is 7.12. The van der Waals surface area contributed by atoms with Crippen LogP contribution in [0.3, 0.4) is 0 Å². The Morgan fingerprint density at radius 2 is 2.04 bits per heavy atom. The van der Waals surface area contributed by atoms with Crippen LogP contribution in [0.15, 0.2) is 29.3 Å². The lowest BCUT2D eigenvalue weighted by atomic mass is 9.93. The maximum Gasteiger partial charge on any atom is 0.220 e. The fourth-order valence-electron chi connectivity index (χ4n) is 3.29. The summed E-state index contributed by atoms with van der Waals surface area (Å²) in [5.74, 6) is 2.55. The van der Waals surface area contributed by atoms with Crippen molar-refractivity contribution in [2.45, 2.75) is 39.5 Å². The molecule has 1 aliphatic rings. The summed E-state index contributed by atoms with van der Waals surface area (Å²) in [5, 5.41) is 6.11. The standard InChI is InChI=1S/C21H34N4O2/c1-4-23-21(25-13-10-18(11-14-25)16-20(26)22-3)24-12-7-15-27-19-9-6-5-8-17(19)2/h5-6,8-9,18H,4,7,10-16H2,1-3H3,(H,22,26)(H,23,24). The van der Waals surface area contributed by atoms with Gasteiger partial charge in [0.2, 0.25) is 5.91 Å². The monoisotopic (exact) mass is 374 g/mol. The van der Waals surface area contributed by atoms with Crippen molar-refractivity contribution in [1.29, 1.82) is 0 Å². The predicted octanol–water partition coefficient (Wildman–Crippen LogP) is 2.58. The molecule has 0 aliphatic carbocycles. The predicted molar refractivity (Wildman–Crippen MR) is 110 cm³/mol. The average molecular weight is 375 g/mol. The second-order valence-electron chi connectivity index (χ2n) is 7.01. The molecule has 0 spiro atoms. The summed E-state index contributed by atoms with van der Waals surface area (Å²) in [4.78, 5) is 18.6. The number of amides is 1. The van der Waals surface area contributed by atoms with Gasteiger partial charge in [-0.15, -0.1) is 0 Å². The number of carbonyl (C=O) groups excluding carboxylic acids is 1. The van der Waals surface area contributed by atoms with Gasteiger partial charge in [-0.1, -0.05) is 18.2 Å². The Balaban J connectivity index is 1.75. The quantitative estimate of drug-likeness (QED) is 0.417. The minimum absolute atomic E-state index is 0.141. The third-order valence-electron chi connectivity index (χ3n) is 4.92. The van der Waals surface area contributed by atoms with Crippen molar-refractivity contribution in [3.8, 4) is 5.75 Å². The number of ether oxygens (including phenoxy) is 1. The van der Waals surface area contributed by atoms with Crippen LogP contribution in [-0.4, -0.2) is 56.6 Å². The highest BCUT2D eigenvalue weighted by atomic mass is 16.5. The number of benzene rings is 1. The number of aryl methyl sites for hydroxylation is 1. The maximum atomic E-state index is 11.6. The largest absolute Gasteiger partial charge is 0.493 e. The number of hydrogen-bond acceptors (Lipinski definition) is 3. The molecular formula is C21H34N4O2. The summed E-state index contributed by atoms with van der Waals surface area (Å²) in [6.07, 6.45) is 3.59. The molecule has 6 nitrogen and oxygen atoms in total. The summed E-state index contributed by atoms with van der Waals surface area (Å²) in [7, 11) is 1.70. The fourth-order valence-corrected chi connectivity index (χ4v) is 3.29. The third-order valence-corrected chi connectivity index (χ3v) is 4.92. The molecule has 1 aliphatic heterocycles. The second-order valence-corrected chi connectivity index (χ2v) is 7.01. The molecule has 2 N–H and O–H groups in total. The Morgan fingerprint density at radius 1 is 1.30 bits per heavy atom. The Morgan fingerprint density at radius 3 is 2.70 bits per heavy atom. The van der Waals surface area contributed by atoms with Crippen LogP contribution in [-0.2, 0) is 4.79 Å². The van der Waals surface area contributed by atoms with Crippen molar-refractivity contribution < 1.29 is 9.53 Å². The van der Waals surface area contributed by atoms with Crippen LogP contribution in [0, 0.1) is 12.8 Å². The van der Waals surface area contributed by atoms with Crippen molar-refractivity contribution in [2.75, 3.05) is 39.8 Å². The Labute approximate surface area is 163 Å². The van der Waals surface area contributed by atoms with Crippen LogP contribution in [0.5, 0.6) is 5.75 Å². The van der Waals surface area contributed by atoms with Gasteiger partial charge in [-0.05, 0) is 44.2 Å². The van der Waals surface area contributed by atoms with E-state index in [9.17, 15) is 4.79 Å². The molecule has 0 unspecified atom stereocenters. The zero-order valence-electron chi connectivity index (χ0n) is 17.0. The van der Waals surface area contributed by atoms with Crippen LogP contribution >= 0.6 is 0 Å². The van der Waals surface area contributed by atoms with E-state index in [1.54, 1.807) is 7.05 Å². The van der Waals surface area contributed by atoms with Gasteiger partial charge in [-0.2, -0.15) is 0 Å². The van der Waals surface area contributed by atoms with Crippen LogP contribution in [0.1, 0.15) is 38.2 Å². The Kier molecular flexibility index (Phi) is 8.95. The van der Waals surface area contributed by atoms with Gasteiger partial charge in [0.05, 0.1) is 6.61 Å². The van der Waals surface area contributed by atoms with Gasteiger partial charge < -0.3 is 20.3 Å². The lowest BCUT2D eigenvalue weighted by Crippen LogP contribution is -2.46. The molecule has 1 saturated heterocycles. The van der Waals surface area contributed by atoms with Gasteiger partial charge >= 0.3 is 0 Å². The average Bonchev–Trinajstić information content (AvgIpc) is 2.69. The van der Waals surface area contributed by atoms with Crippen LogP contribution in [0.4, 0.5) is 0 Å². The number of guanidine groups is 1. The van der Waals surface area contributed by atoms with Crippen molar-refractivity contribution in [2.24, 2.45) is 10.9 Å². The van der Waals surface area contributed by atoms with Crippen LogP contribution < -0.4 is 15.4 Å². The smallest absolute Gasteiger partial charge is 0.220 e. The Bertz CT molecular complexity index is 610. The molecule has 0 bridgehead atoms. The van der Waals surface area contributed by atoms with E-state index in [0.29, 0.717) is 18.9 Å². The van der Waals surface area contributed by atoms with Gasteiger partial charge in [0.15, 0.2) is 5.96 Å². The van der Waals surface area contributed by atoms with Gasteiger partial charge in [-0.25, -0.2) is 0 Å². The first-order valence-corrected chi connectivity index (χ1v) is 10.1. The van der Waals surface area contributed by atoms with Gasteiger partial charge in [-0.3, -0.25) is 9.79 Å². The van der Waals surface area contributed by atoms with E-state index in [4.69, 9.17) is 9.73 Å². The topological polar surface area (TPSA) is 66.0 Å². The highest BCUT2D eigenvalue weighted by Crippen LogP contribution is 2.20. The number of likely N-dealkylation sites (tertiary alicyclic amines) is 1. The number of para-hydroxylation sites is 1. The van der Waals surface area contributed by atoms with Gasteiger partial charge in [0, 0.05) is 46.1 Å². The normalized spacial score (nSPS) is 15.5. The molecule has 1 amide bonds. The van der Waals surface area contributed by atoms with E-state index in [1.807, 2.05) is 18.2 Å². The highest BCUT2D eigenvalue weighted by Gasteiger charge is 2.22. The minimum Gasteiger partial charge on any atom is -0.493 e. The molecule has 1 heterocycles. The molecule has 0 aromatic heterocycles. The highest BCUT2D eigenvalue weighted by molar-refractivity contribution is 5.80. The van der Waals surface area contributed by atoms with E-state index in [-0.39, 0.29) is 5.91 Å². The molecule has 1 fully saturated rings. The summed E-state index contributed by atoms with van der Waals surface area (Å²) in [5.41, 5.74) is 1.16. The number of carbonyl (C=O) groups is 1. The molecule has 0 atom stereocenters. The molecule has 0 radical (unpaired) electrons. The summed E-state index contributed by atoms with van der Waals surface area (Å²) >= 11 is 0. The van der Waals surface area contributed by atoms with Gasteiger partial charge in [0.1, 0.15) is 5.75 Å². The minimum atomic E-state index is 0.141. The lowest BCUT2D eigenvalue weighted by Gasteiger charge is -2.34. The lowest BCUT2D eigenvalue weighted by molar-refractivity contribution is -0.121.